The number of halogens is 2. The summed E-state index contributed by atoms with van der Waals surface area (Å²) in [6, 6.07) is 6.35. The Morgan fingerprint density at radius 2 is 1.85 bits per heavy atom. The Balaban J connectivity index is 2.11. The highest BCUT2D eigenvalue weighted by molar-refractivity contribution is 6.36. The topological polar surface area (TPSA) is 57.5 Å². The summed E-state index contributed by atoms with van der Waals surface area (Å²) >= 11 is 11.8. The SMILES string of the molecule is COC[C@@H](C)n1c(C)cc(C(=O)COC(=O)c2ccc(Cl)cc2Cl)c1C. The molecule has 1 heterocycles. The largest absolute Gasteiger partial charge is 0.454 e. The van der Waals surface area contributed by atoms with Crippen molar-refractivity contribution >= 4 is 35.0 Å². The predicted octanol–water partition coefficient (Wildman–Crippen LogP) is 4.66. The summed E-state index contributed by atoms with van der Waals surface area (Å²) in [5, 5.41) is 0.599. The molecule has 5 nitrogen and oxygen atoms in total. The van der Waals surface area contributed by atoms with E-state index in [4.69, 9.17) is 32.7 Å². The molecule has 7 heteroatoms. The van der Waals surface area contributed by atoms with Gasteiger partial charge in [-0.25, -0.2) is 4.79 Å². The zero-order valence-corrected chi connectivity index (χ0v) is 16.6. The Labute approximate surface area is 162 Å². The van der Waals surface area contributed by atoms with Crippen molar-refractivity contribution in [1.82, 2.24) is 4.57 Å². The van der Waals surface area contributed by atoms with Crippen molar-refractivity contribution in [2.75, 3.05) is 20.3 Å². The van der Waals surface area contributed by atoms with Crippen molar-refractivity contribution < 1.29 is 19.1 Å². The van der Waals surface area contributed by atoms with Crippen LogP contribution in [0.4, 0.5) is 0 Å². The van der Waals surface area contributed by atoms with Crippen LogP contribution < -0.4 is 0 Å². The minimum atomic E-state index is -0.665. The van der Waals surface area contributed by atoms with Crippen molar-refractivity contribution in [2.24, 2.45) is 0 Å². The average Bonchev–Trinajstić information content (AvgIpc) is 2.87. The first kappa shape index (κ1) is 20.5. The van der Waals surface area contributed by atoms with Gasteiger partial charge in [-0.3, -0.25) is 4.79 Å². The molecular weight excluding hydrogens is 377 g/mol. The number of hydrogen-bond acceptors (Lipinski definition) is 4. The Kier molecular flexibility index (Phi) is 6.87. The van der Waals surface area contributed by atoms with E-state index >= 15 is 0 Å². The lowest BCUT2D eigenvalue weighted by Gasteiger charge is -2.17. The van der Waals surface area contributed by atoms with Gasteiger partial charge in [0.15, 0.2) is 6.61 Å². The van der Waals surface area contributed by atoms with Gasteiger partial charge < -0.3 is 14.0 Å². The number of Topliss-reactive ketones (excluding diaryl/α,β-unsaturated/α-hetero) is 1. The normalized spacial score (nSPS) is 12.1. The molecule has 2 aromatic rings. The standard InChI is InChI=1S/C19H21Cl2NO4/c1-11-7-16(13(3)22(11)12(2)9-25-4)18(23)10-26-19(24)15-6-5-14(20)8-17(15)21/h5-8,12H,9-10H2,1-4H3/t12-/m1/s1. The van der Waals surface area contributed by atoms with Crippen molar-refractivity contribution in [2.45, 2.75) is 26.8 Å². The van der Waals surface area contributed by atoms with Crippen LogP contribution >= 0.6 is 23.2 Å². The van der Waals surface area contributed by atoms with E-state index in [1.807, 2.05) is 25.3 Å². The average molecular weight is 398 g/mol. The van der Waals surface area contributed by atoms with Gasteiger partial charge in [-0.2, -0.15) is 0 Å². The van der Waals surface area contributed by atoms with Crippen LogP contribution in [-0.2, 0) is 9.47 Å². The second kappa shape index (κ2) is 8.71. The monoisotopic (exact) mass is 397 g/mol. The van der Waals surface area contributed by atoms with Gasteiger partial charge in [0, 0.05) is 29.1 Å². The maximum atomic E-state index is 12.5. The van der Waals surface area contributed by atoms with Crippen LogP contribution in [0.3, 0.4) is 0 Å². The molecule has 26 heavy (non-hydrogen) atoms. The Hall–Kier alpha value is -1.82. The number of ether oxygens (including phenoxy) is 2. The van der Waals surface area contributed by atoms with Crippen LogP contribution in [0.15, 0.2) is 24.3 Å². The second-order valence-corrected chi connectivity index (χ2v) is 6.93. The number of hydrogen-bond donors (Lipinski definition) is 0. The fraction of sp³-hybridized carbons (Fsp3) is 0.368. The fourth-order valence-electron chi connectivity index (χ4n) is 2.99. The number of methoxy groups -OCH3 is 1. The zero-order chi connectivity index (χ0) is 19.4. The number of benzene rings is 1. The van der Waals surface area contributed by atoms with Crippen LogP contribution in [0.5, 0.6) is 0 Å². The predicted molar refractivity (Wildman–Crippen MR) is 102 cm³/mol. The molecule has 2 rings (SSSR count). The number of nitrogens with zero attached hydrogens (tertiary/aromatic N) is 1. The molecule has 0 amide bonds. The molecule has 0 bridgehead atoms. The van der Waals surface area contributed by atoms with Crippen LogP contribution in [0, 0.1) is 13.8 Å². The maximum absolute atomic E-state index is 12.5. The van der Waals surface area contributed by atoms with E-state index in [2.05, 4.69) is 0 Å². The van der Waals surface area contributed by atoms with Gasteiger partial charge in [0.1, 0.15) is 0 Å². The van der Waals surface area contributed by atoms with Gasteiger partial charge in [-0.05, 0) is 45.0 Å². The summed E-state index contributed by atoms with van der Waals surface area (Å²) in [4.78, 5) is 24.6. The van der Waals surface area contributed by atoms with E-state index in [0.29, 0.717) is 17.2 Å². The van der Waals surface area contributed by atoms with Gasteiger partial charge in [0.05, 0.1) is 23.2 Å². The number of rotatable bonds is 7. The first-order valence-electron chi connectivity index (χ1n) is 8.09. The highest BCUT2D eigenvalue weighted by Crippen LogP contribution is 2.23. The van der Waals surface area contributed by atoms with Crippen molar-refractivity contribution in [3.63, 3.8) is 0 Å². The van der Waals surface area contributed by atoms with Crippen molar-refractivity contribution in [3.8, 4) is 0 Å². The molecule has 1 aromatic heterocycles. The lowest BCUT2D eigenvalue weighted by molar-refractivity contribution is 0.0474. The van der Waals surface area contributed by atoms with E-state index in [0.717, 1.165) is 11.4 Å². The second-order valence-electron chi connectivity index (χ2n) is 6.08. The molecule has 0 saturated heterocycles. The molecule has 140 valence electrons. The summed E-state index contributed by atoms with van der Waals surface area (Å²) in [5.74, 6) is -0.936. The third-order valence-corrected chi connectivity index (χ3v) is 4.67. The number of esters is 1. The molecular formula is C19H21Cl2NO4. The van der Waals surface area contributed by atoms with Crippen LogP contribution in [0.1, 0.15) is 45.1 Å². The van der Waals surface area contributed by atoms with Crippen molar-refractivity contribution in [1.29, 1.82) is 0 Å². The highest BCUT2D eigenvalue weighted by atomic mass is 35.5. The van der Waals surface area contributed by atoms with Crippen molar-refractivity contribution in [3.05, 3.63) is 56.8 Å². The third kappa shape index (κ3) is 4.47. The fourth-order valence-corrected chi connectivity index (χ4v) is 3.48. The van der Waals surface area contributed by atoms with Gasteiger partial charge in [-0.15, -0.1) is 0 Å². The van der Waals surface area contributed by atoms with E-state index in [1.54, 1.807) is 13.2 Å². The molecule has 0 spiro atoms. The zero-order valence-electron chi connectivity index (χ0n) is 15.1. The molecule has 0 aliphatic rings. The summed E-state index contributed by atoms with van der Waals surface area (Å²) < 4.78 is 12.4. The summed E-state index contributed by atoms with van der Waals surface area (Å²) in [5.41, 5.74) is 2.46. The molecule has 0 radical (unpaired) electrons. The first-order chi connectivity index (χ1) is 12.3. The molecule has 0 N–H and O–H groups in total. The number of aryl methyl sites for hydroxylation is 1. The minimum absolute atomic E-state index is 0.0944. The Bertz CT molecular complexity index is 829. The van der Waals surface area contributed by atoms with Crippen LogP contribution in [0.2, 0.25) is 10.0 Å². The quantitative estimate of drug-likeness (QED) is 0.503. The summed E-state index contributed by atoms with van der Waals surface area (Å²) in [6.07, 6.45) is 0. The molecule has 1 atom stereocenters. The minimum Gasteiger partial charge on any atom is -0.454 e. The molecule has 1 aromatic carbocycles. The van der Waals surface area contributed by atoms with Gasteiger partial charge in [0.25, 0.3) is 0 Å². The number of ketones is 1. The number of carbonyl (C=O) groups excluding carboxylic acids is 2. The Morgan fingerprint density at radius 1 is 1.15 bits per heavy atom. The molecule has 0 aliphatic heterocycles. The molecule has 0 saturated carbocycles. The van der Waals surface area contributed by atoms with E-state index < -0.39 is 5.97 Å². The first-order valence-corrected chi connectivity index (χ1v) is 8.84. The molecule has 0 unspecified atom stereocenters. The smallest absolute Gasteiger partial charge is 0.340 e. The summed E-state index contributed by atoms with van der Waals surface area (Å²) in [7, 11) is 1.64. The lowest BCUT2D eigenvalue weighted by atomic mass is 10.1. The van der Waals surface area contributed by atoms with Crippen LogP contribution in [0.25, 0.3) is 0 Å². The van der Waals surface area contributed by atoms with Gasteiger partial charge in [-0.1, -0.05) is 23.2 Å². The van der Waals surface area contributed by atoms with E-state index in [9.17, 15) is 9.59 Å². The van der Waals surface area contributed by atoms with Crippen LogP contribution in [-0.4, -0.2) is 36.6 Å². The van der Waals surface area contributed by atoms with E-state index in [-0.39, 0.29) is 29.0 Å². The summed E-state index contributed by atoms with van der Waals surface area (Å²) in [6.45, 7) is 5.98. The van der Waals surface area contributed by atoms with Gasteiger partial charge >= 0.3 is 5.97 Å². The molecule has 0 fully saturated rings. The van der Waals surface area contributed by atoms with E-state index in [1.165, 1.54) is 18.2 Å². The Morgan fingerprint density at radius 3 is 2.46 bits per heavy atom. The van der Waals surface area contributed by atoms with Gasteiger partial charge in [0.2, 0.25) is 5.78 Å². The molecule has 0 aliphatic carbocycles. The highest BCUT2D eigenvalue weighted by Gasteiger charge is 2.20. The maximum Gasteiger partial charge on any atom is 0.340 e. The lowest BCUT2D eigenvalue weighted by Crippen LogP contribution is -2.17. The third-order valence-electron chi connectivity index (χ3n) is 4.12. The number of aromatic nitrogens is 1. The number of carbonyl (C=O) groups is 2.